The second-order valence-electron chi connectivity index (χ2n) is 48.4. The van der Waals surface area contributed by atoms with Crippen LogP contribution in [0.3, 0.4) is 0 Å². The first-order chi connectivity index (χ1) is 72.5. The summed E-state index contributed by atoms with van der Waals surface area (Å²) in [7, 11) is 9.42. The predicted molar refractivity (Wildman–Crippen MR) is 610 cm³/mol. The molecule has 4 aliphatic rings. The summed E-state index contributed by atoms with van der Waals surface area (Å²) < 4.78 is 107. The standard InChI is InChI=1S/C128H236O22/c1-24-27-29-31-33-35-37-39-41-45-49-53-57-61-65-69-75-93(4)85-95(6)87-97(8)89-100(11)124(132)145-109(91-110(80-74-73-77-99(10)112(26-3)134-18)146-125(133)101(12)90-98(9)88-96(7)86-94(5)76-70-66-62-58-54-50-46-42-40-38-36-34-32-30-28-25-2)79-72-68-64-60-56-52-48-44-43-47-51-55-59-63-67-71-78-107-81-83-108(84-82-107)147-126-122(138-22)119(116(136-20)104(15)142-126)150-127-121(137-21)118(114(131)102(13)141-127)149-128-123(139-23)120(117(105(16)143-128)144-106(17)129)148-113-92-111(130)115(135-19)103(14)140-113/h81-84,93-105,109-123,126-128,130-131H,24-80,85-92H2,1-23H3. The molecule has 0 spiro atoms. The number of esters is 3. The molecule has 31 unspecified atom stereocenters. The van der Waals surface area contributed by atoms with Crippen molar-refractivity contribution in [1.82, 2.24) is 0 Å². The Hall–Kier alpha value is -3.17. The highest BCUT2D eigenvalue weighted by Gasteiger charge is 2.57. The maximum Gasteiger partial charge on any atom is 0.308 e. The highest BCUT2D eigenvalue weighted by molar-refractivity contribution is 5.73. The number of methoxy groups -OCH3 is 6. The van der Waals surface area contributed by atoms with Crippen LogP contribution in [0.4, 0.5) is 0 Å². The van der Waals surface area contributed by atoms with E-state index in [-0.39, 0.29) is 48.5 Å². The Morgan fingerprint density at radius 1 is 0.327 bits per heavy atom. The molecule has 4 fully saturated rings. The Kier molecular flexibility index (Phi) is 76.9. The number of benzene rings is 1. The van der Waals surface area contributed by atoms with Crippen LogP contribution in [0.25, 0.3) is 0 Å². The van der Waals surface area contributed by atoms with Crippen molar-refractivity contribution >= 4 is 17.9 Å². The van der Waals surface area contributed by atoms with Crippen LogP contribution in [-0.2, 0) is 96.6 Å². The van der Waals surface area contributed by atoms with Crippen LogP contribution in [0.2, 0.25) is 0 Å². The number of hydrogen-bond donors (Lipinski definition) is 2. The Balaban J connectivity index is 1.06. The lowest BCUT2D eigenvalue weighted by atomic mass is 9.84. The molecule has 0 aromatic heterocycles. The topological polar surface area (TPSA) is 249 Å². The third kappa shape index (κ3) is 57.2. The van der Waals surface area contributed by atoms with Crippen LogP contribution >= 0.6 is 0 Å². The molecule has 0 saturated carbocycles. The monoisotopic (exact) mass is 2130 g/mol. The van der Waals surface area contributed by atoms with E-state index in [9.17, 15) is 24.6 Å². The molecule has 0 radical (unpaired) electrons. The maximum absolute atomic E-state index is 14.6. The summed E-state index contributed by atoms with van der Waals surface area (Å²) >= 11 is 0. The molecule has 0 aliphatic carbocycles. The zero-order valence-electron chi connectivity index (χ0n) is 101. The molecule has 4 saturated heterocycles. The third-order valence-corrected chi connectivity index (χ3v) is 33.8. The minimum absolute atomic E-state index is 0.0700. The van der Waals surface area contributed by atoms with Gasteiger partial charge in [-0.2, -0.15) is 0 Å². The normalized spacial score (nSPS) is 26.2. The molecule has 150 heavy (non-hydrogen) atoms. The molecule has 2 N–H and O–H groups in total. The summed E-state index contributed by atoms with van der Waals surface area (Å²) in [6.45, 7) is 36.2. The van der Waals surface area contributed by atoms with E-state index >= 15 is 0 Å². The van der Waals surface area contributed by atoms with Gasteiger partial charge in [-0.1, -0.05) is 410 Å². The minimum Gasteiger partial charge on any atom is -0.462 e. The number of ether oxygens (including phenoxy) is 17. The molecule has 31 atom stereocenters. The Bertz CT molecular complexity index is 3360. The van der Waals surface area contributed by atoms with Gasteiger partial charge in [0.05, 0.1) is 48.5 Å². The van der Waals surface area contributed by atoms with E-state index in [4.69, 9.17) is 80.5 Å². The molecule has 4 heterocycles. The molecule has 1 aromatic rings. The number of aliphatic hydroxyl groups excluding tert-OH is 2. The maximum atomic E-state index is 14.6. The average Bonchev–Trinajstić information content (AvgIpc) is 0.760. The zero-order valence-corrected chi connectivity index (χ0v) is 101. The number of carbonyl (C=O) groups excluding carboxylic acids is 3. The van der Waals surface area contributed by atoms with E-state index in [2.05, 4.69) is 95.2 Å². The fourth-order valence-electron chi connectivity index (χ4n) is 25.1. The zero-order chi connectivity index (χ0) is 110. The molecule has 5 rings (SSSR count). The molecular weight excluding hydrogens is 1890 g/mol. The average molecular weight is 2130 g/mol. The van der Waals surface area contributed by atoms with Gasteiger partial charge in [0.2, 0.25) is 6.29 Å². The van der Waals surface area contributed by atoms with E-state index in [1.54, 1.807) is 35.0 Å². The van der Waals surface area contributed by atoms with Crippen molar-refractivity contribution in [2.24, 2.45) is 53.3 Å². The Morgan fingerprint density at radius 3 is 1.03 bits per heavy atom. The van der Waals surface area contributed by atoms with Crippen molar-refractivity contribution in [2.45, 2.75) is 670 Å². The molecule has 1 aromatic carbocycles. The van der Waals surface area contributed by atoms with Crippen LogP contribution in [-0.4, -0.2) is 206 Å². The summed E-state index contributed by atoms with van der Waals surface area (Å²) in [4.78, 5) is 41.6. The highest BCUT2D eigenvalue weighted by Crippen LogP contribution is 2.41. The first-order valence-corrected chi connectivity index (χ1v) is 62.9. The van der Waals surface area contributed by atoms with Gasteiger partial charge >= 0.3 is 17.9 Å². The van der Waals surface area contributed by atoms with Crippen LogP contribution < -0.4 is 4.74 Å². The van der Waals surface area contributed by atoms with E-state index in [0.717, 1.165) is 102 Å². The van der Waals surface area contributed by atoms with Crippen LogP contribution in [0, 0.1) is 53.3 Å². The lowest BCUT2D eigenvalue weighted by molar-refractivity contribution is -0.384. The molecular formula is C128H236O22. The van der Waals surface area contributed by atoms with Gasteiger partial charge in [0.15, 0.2) is 25.0 Å². The number of carbonyl (C=O) groups is 3. The van der Waals surface area contributed by atoms with Gasteiger partial charge in [-0.15, -0.1) is 0 Å². The summed E-state index contributed by atoms with van der Waals surface area (Å²) in [5.74, 6) is 3.48. The summed E-state index contributed by atoms with van der Waals surface area (Å²) in [5, 5.41) is 22.9. The molecule has 4 aliphatic heterocycles. The SMILES string of the molecule is CCCCCCCCCCCCCCCCCCC(C)CC(C)CC(C)CC(C)C(=O)OC(CCCCCCCCCCCCCCCCCCc1ccc(OC2OC(C)C(OC)C(OC3OC(C)C(O)C(OC4OC(C)C(OC(C)=O)C(OC5CC(O)C(OC)C(C)O5)C4OC)C3OC)C2OC)cc1)CC(CCCCC(C)C(CC)OC)OC(=O)C(C)CC(C)CC(C)CC(C)CCCCCCCCCCCCCCCCCC. The molecule has 880 valence electrons. The van der Waals surface area contributed by atoms with E-state index in [1.807, 2.05) is 26.2 Å². The number of hydrogen-bond acceptors (Lipinski definition) is 22. The second-order valence-corrected chi connectivity index (χ2v) is 48.4. The fraction of sp³-hybridized carbons (Fsp3) is 0.930. The lowest BCUT2D eigenvalue weighted by Gasteiger charge is -2.50. The van der Waals surface area contributed by atoms with Gasteiger partial charge in [0.25, 0.3) is 0 Å². The van der Waals surface area contributed by atoms with E-state index in [0.29, 0.717) is 41.8 Å². The van der Waals surface area contributed by atoms with Gasteiger partial charge in [-0.05, 0) is 177 Å². The molecule has 22 heteroatoms. The van der Waals surface area contributed by atoms with Crippen LogP contribution in [0.1, 0.15) is 534 Å². The quantitative estimate of drug-likeness (QED) is 0.0349. The minimum atomic E-state index is -1.25. The van der Waals surface area contributed by atoms with Gasteiger partial charge in [0, 0.05) is 62.4 Å². The smallest absolute Gasteiger partial charge is 0.308 e. The van der Waals surface area contributed by atoms with Crippen LogP contribution in [0.15, 0.2) is 24.3 Å². The van der Waals surface area contributed by atoms with E-state index in [1.165, 1.54) is 348 Å². The third-order valence-electron chi connectivity index (χ3n) is 33.8. The van der Waals surface area contributed by atoms with Gasteiger partial charge < -0.3 is 90.7 Å². The van der Waals surface area contributed by atoms with Crippen molar-refractivity contribution in [3.05, 3.63) is 29.8 Å². The molecule has 0 bridgehead atoms. The summed E-state index contributed by atoms with van der Waals surface area (Å²) in [5.41, 5.74) is 1.24. The summed E-state index contributed by atoms with van der Waals surface area (Å²) in [6, 6.07) is 8.18. The second kappa shape index (κ2) is 84.0. The van der Waals surface area contributed by atoms with Crippen molar-refractivity contribution < 1.29 is 105 Å². The van der Waals surface area contributed by atoms with Crippen molar-refractivity contribution in [2.75, 3.05) is 42.7 Å². The number of aliphatic hydroxyl groups is 2. The van der Waals surface area contributed by atoms with Gasteiger partial charge in [0.1, 0.15) is 72.9 Å². The van der Waals surface area contributed by atoms with Gasteiger partial charge in [-0.25, -0.2) is 0 Å². The molecule has 0 amide bonds. The first-order valence-electron chi connectivity index (χ1n) is 62.9. The van der Waals surface area contributed by atoms with Crippen molar-refractivity contribution in [1.29, 1.82) is 0 Å². The largest absolute Gasteiger partial charge is 0.462 e. The highest BCUT2D eigenvalue weighted by atomic mass is 16.8. The number of aryl methyl sites for hydroxylation is 1. The fourth-order valence-corrected chi connectivity index (χ4v) is 25.1. The first kappa shape index (κ1) is 137. The van der Waals surface area contributed by atoms with Crippen molar-refractivity contribution in [3.63, 3.8) is 0 Å². The predicted octanol–water partition coefficient (Wildman–Crippen LogP) is 32.1. The van der Waals surface area contributed by atoms with E-state index < -0.39 is 123 Å². The van der Waals surface area contributed by atoms with Crippen molar-refractivity contribution in [3.8, 4) is 5.75 Å². The van der Waals surface area contributed by atoms with Crippen LogP contribution in [0.5, 0.6) is 5.75 Å². The number of unbranched alkanes of at least 4 members (excludes halogenated alkanes) is 46. The Morgan fingerprint density at radius 2 is 0.647 bits per heavy atom. The Labute approximate surface area is 919 Å². The van der Waals surface area contributed by atoms with Gasteiger partial charge in [-0.3, -0.25) is 14.4 Å². The lowest BCUT2D eigenvalue weighted by Crippen LogP contribution is -2.67. The number of rotatable bonds is 93. The molecule has 22 nitrogen and oxygen atoms in total. The summed E-state index contributed by atoms with van der Waals surface area (Å²) in [6.07, 6.45) is 63.4.